The van der Waals surface area contributed by atoms with Crippen molar-refractivity contribution in [1.82, 2.24) is 4.90 Å². The molecule has 0 saturated carbocycles. The number of hydrogen-bond acceptors (Lipinski definition) is 4. The Labute approximate surface area is 97.2 Å². The lowest BCUT2D eigenvalue weighted by atomic mass is 10.1. The van der Waals surface area contributed by atoms with Crippen molar-refractivity contribution in [3.8, 4) is 0 Å². The number of likely N-dealkylation sites (tertiary alicyclic amines) is 1. The van der Waals surface area contributed by atoms with E-state index in [2.05, 4.69) is 10.1 Å². The quantitative estimate of drug-likeness (QED) is 0.234. The van der Waals surface area contributed by atoms with E-state index in [9.17, 15) is 0 Å². The van der Waals surface area contributed by atoms with Gasteiger partial charge in [0.1, 0.15) is 5.84 Å². The number of ether oxygens (including phenoxy) is 1. The molecule has 1 saturated heterocycles. The summed E-state index contributed by atoms with van der Waals surface area (Å²) in [5.74, 6) is 0.332. The molecule has 0 unspecified atom stereocenters. The normalized spacial score (nSPS) is 20.2. The summed E-state index contributed by atoms with van der Waals surface area (Å²) >= 11 is 0. The minimum atomic E-state index is 0.332. The van der Waals surface area contributed by atoms with Crippen LogP contribution in [-0.2, 0) is 4.74 Å². The van der Waals surface area contributed by atoms with Crippen LogP contribution < -0.4 is 5.73 Å². The predicted molar refractivity (Wildman–Crippen MR) is 63.7 cm³/mol. The van der Waals surface area contributed by atoms with Crippen molar-refractivity contribution in [2.24, 2.45) is 10.9 Å². The first-order valence-electron chi connectivity index (χ1n) is 5.97. The standard InChI is InChI=1S/C11H23N3O2/c1-16-10-5-8-14(9-6-10)7-3-2-4-11(12)13-15/h10,15H,2-9H2,1H3,(H2,12,13). The Bertz CT molecular complexity index is 213. The van der Waals surface area contributed by atoms with E-state index in [0.29, 0.717) is 18.4 Å². The van der Waals surface area contributed by atoms with E-state index in [1.54, 1.807) is 7.11 Å². The van der Waals surface area contributed by atoms with Gasteiger partial charge >= 0.3 is 0 Å². The highest BCUT2D eigenvalue weighted by Crippen LogP contribution is 2.13. The Morgan fingerprint density at radius 1 is 1.44 bits per heavy atom. The number of nitrogens with zero attached hydrogens (tertiary/aromatic N) is 2. The Morgan fingerprint density at radius 2 is 2.12 bits per heavy atom. The average molecular weight is 229 g/mol. The van der Waals surface area contributed by atoms with E-state index < -0.39 is 0 Å². The van der Waals surface area contributed by atoms with Gasteiger partial charge < -0.3 is 20.6 Å². The molecule has 1 aliphatic rings. The van der Waals surface area contributed by atoms with Gasteiger partial charge in [-0.1, -0.05) is 5.16 Å². The number of nitrogens with two attached hydrogens (primary N) is 1. The average Bonchev–Trinajstić information content (AvgIpc) is 2.35. The minimum absolute atomic E-state index is 0.332. The molecule has 0 atom stereocenters. The monoisotopic (exact) mass is 229 g/mol. The molecule has 0 aliphatic carbocycles. The fourth-order valence-corrected chi connectivity index (χ4v) is 2.06. The number of unbranched alkanes of at least 4 members (excludes halogenated alkanes) is 1. The van der Waals surface area contributed by atoms with Gasteiger partial charge in [-0.05, 0) is 32.2 Å². The maximum absolute atomic E-state index is 8.38. The summed E-state index contributed by atoms with van der Waals surface area (Å²) in [5, 5.41) is 11.3. The first-order valence-corrected chi connectivity index (χ1v) is 5.97. The van der Waals surface area contributed by atoms with Crippen molar-refractivity contribution >= 4 is 5.84 Å². The Kier molecular flexibility index (Phi) is 6.18. The maximum Gasteiger partial charge on any atom is 0.139 e. The molecule has 1 fully saturated rings. The zero-order valence-corrected chi connectivity index (χ0v) is 10.1. The van der Waals surface area contributed by atoms with Gasteiger partial charge in [-0.15, -0.1) is 0 Å². The van der Waals surface area contributed by atoms with Crippen LogP contribution in [0.15, 0.2) is 5.16 Å². The Hall–Kier alpha value is -0.810. The third kappa shape index (κ3) is 4.81. The lowest BCUT2D eigenvalue weighted by molar-refractivity contribution is 0.0408. The summed E-state index contributed by atoms with van der Waals surface area (Å²) in [5.41, 5.74) is 5.40. The van der Waals surface area contributed by atoms with Crippen LogP contribution in [0.3, 0.4) is 0 Å². The van der Waals surface area contributed by atoms with Crippen molar-refractivity contribution in [1.29, 1.82) is 0 Å². The summed E-state index contributed by atoms with van der Waals surface area (Å²) in [6, 6.07) is 0. The third-order valence-electron chi connectivity index (χ3n) is 3.15. The predicted octanol–water partition coefficient (Wildman–Crippen LogP) is 1.01. The van der Waals surface area contributed by atoms with Crippen LogP contribution in [0.5, 0.6) is 0 Å². The van der Waals surface area contributed by atoms with Crippen LogP contribution in [0, 0.1) is 0 Å². The molecule has 0 radical (unpaired) electrons. The van der Waals surface area contributed by atoms with Crippen LogP contribution in [0.1, 0.15) is 32.1 Å². The summed E-state index contributed by atoms with van der Waals surface area (Å²) in [6.07, 6.45) is 5.50. The number of hydrogen-bond donors (Lipinski definition) is 2. The number of methoxy groups -OCH3 is 1. The van der Waals surface area contributed by atoms with Crippen molar-refractivity contribution in [3.63, 3.8) is 0 Å². The van der Waals surface area contributed by atoms with Gasteiger partial charge in [0.15, 0.2) is 0 Å². The van der Waals surface area contributed by atoms with Crippen LogP contribution in [-0.4, -0.2) is 48.8 Å². The van der Waals surface area contributed by atoms with E-state index in [-0.39, 0.29) is 0 Å². The smallest absolute Gasteiger partial charge is 0.139 e. The van der Waals surface area contributed by atoms with Gasteiger partial charge in [0.05, 0.1) is 6.10 Å². The van der Waals surface area contributed by atoms with Crippen LogP contribution in [0.25, 0.3) is 0 Å². The van der Waals surface area contributed by atoms with Crippen LogP contribution >= 0.6 is 0 Å². The second-order valence-electron chi connectivity index (χ2n) is 4.33. The highest BCUT2D eigenvalue weighted by Gasteiger charge is 2.17. The molecule has 3 N–H and O–H groups in total. The SMILES string of the molecule is COC1CCN(CCCC/C(N)=N/O)CC1. The molecule has 5 nitrogen and oxygen atoms in total. The summed E-state index contributed by atoms with van der Waals surface area (Å²) < 4.78 is 5.32. The molecular weight excluding hydrogens is 206 g/mol. The van der Waals surface area contributed by atoms with E-state index in [1.807, 2.05) is 0 Å². The van der Waals surface area contributed by atoms with Gasteiger partial charge in [-0.25, -0.2) is 0 Å². The number of piperidine rings is 1. The largest absolute Gasteiger partial charge is 0.409 e. The van der Waals surface area contributed by atoms with Gasteiger partial charge in [-0.2, -0.15) is 0 Å². The van der Waals surface area contributed by atoms with Gasteiger partial charge in [0.2, 0.25) is 0 Å². The molecule has 0 bridgehead atoms. The van der Waals surface area contributed by atoms with E-state index in [1.165, 1.54) is 0 Å². The summed E-state index contributed by atoms with van der Waals surface area (Å²) in [4.78, 5) is 2.46. The fraction of sp³-hybridized carbons (Fsp3) is 0.909. The zero-order chi connectivity index (χ0) is 11.8. The molecule has 1 rings (SSSR count). The second kappa shape index (κ2) is 7.46. The molecule has 16 heavy (non-hydrogen) atoms. The summed E-state index contributed by atoms with van der Waals surface area (Å²) in [6.45, 7) is 3.36. The first-order chi connectivity index (χ1) is 7.76. The Balaban J connectivity index is 2.02. The van der Waals surface area contributed by atoms with Crippen molar-refractivity contribution in [2.75, 3.05) is 26.7 Å². The highest BCUT2D eigenvalue weighted by molar-refractivity contribution is 5.79. The van der Waals surface area contributed by atoms with Gasteiger partial charge in [0, 0.05) is 26.6 Å². The first kappa shape index (κ1) is 13.3. The molecule has 94 valence electrons. The third-order valence-corrected chi connectivity index (χ3v) is 3.15. The number of rotatable bonds is 6. The topological polar surface area (TPSA) is 71.1 Å². The number of amidine groups is 1. The molecule has 1 heterocycles. The van der Waals surface area contributed by atoms with E-state index >= 15 is 0 Å². The molecule has 0 amide bonds. The summed E-state index contributed by atoms with van der Waals surface area (Å²) in [7, 11) is 1.79. The maximum atomic E-state index is 8.38. The Morgan fingerprint density at radius 3 is 2.69 bits per heavy atom. The van der Waals surface area contributed by atoms with Gasteiger partial charge in [-0.3, -0.25) is 0 Å². The van der Waals surface area contributed by atoms with Crippen molar-refractivity contribution in [2.45, 2.75) is 38.2 Å². The molecule has 0 aromatic heterocycles. The highest BCUT2D eigenvalue weighted by atomic mass is 16.5. The second-order valence-corrected chi connectivity index (χ2v) is 4.33. The van der Waals surface area contributed by atoms with Crippen LogP contribution in [0.4, 0.5) is 0 Å². The fourth-order valence-electron chi connectivity index (χ4n) is 2.06. The van der Waals surface area contributed by atoms with Crippen molar-refractivity contribution < 1.29 is 9.94 Å². The van der Waals surface area contributed by atoms with Gasteiger partial charge in [0.25, 0.3) is 0 Å². The molecule has 5 heteroatoms. The molecule has 1 aliphatic heterocycles. The zero-order valence-electron chi connectivity index (χ0n) is 10.1. The number of oxime groups is 1. The van der Waals surface area contributed by atoms with Crippen LogP contribution in [0.2, 0.25) is 0 Å². The van der Waals surface area contributed by atoms with E-state index in [0.717, 1.165) is 45.3 Å². The molecular formula is C11H23N3O2. The minimum Gasteiger partial charge on any atom is -0.409 e. The lowest BCUT2D eigenvalue weighted by Crippen LogP contribution is -2.37. The lowest BCUT2D eigenvalue weighted by Gasteiger charge is -2.31. The van der Waals surface area contributed by atoms with Crippen molar-refractivity contribution in [3.05, 3.63) is 0 Å². The molecule has 0 aromatic rings. The van der Waals surface area contributed by atoms with E-state index in [4.69, 9.17) is 15.7 Å². The molecule has 0 spiro atoms. The molecule has 0 aromatic carbocycles.